The largest absolute Gasteiger partial charge is 0.352 e. The molecule has 2 rings (SSSR count). The molecule has 0 saturated carbocycles. The van der Waals surface area contributed by atoms with Gasteiger partial charge in [0.05, 0.1) is 5.56 Å². The summed E-state index contributed by atoms with van der Waals surface area (Å²) < 4.78 is 13.5. The molecule has 3 nitrogen and oxygen atoms in total. The van der Waals surface area contributed by atoms with Crippen molar-refractivity contribution in [2.45, 2.75) is 38.6 Å². The Morgan fingerprint density at radius 3 is 3.00 bits per heavy atom. The minimum atomic E-state index is -0.350. The van der Waals surface area contributed by atoms with Gasteiger partial charge in [-0.1, -0.05) is 6.42 Å². The highest BCUT2D eigenvalue weighted by Crippen LogP contribution is 2.18. The first kappa shape index (κ1) is 16.4. The lowest BCUT2D eigenvalue weighted by molar-refractivity contribution is 0.0948. The molecule has 1 aromatic rings. The quantitative estimate of drug-likeness (QED) is 0.817. The van der Waals surface area contributed by atoms with E-state index < -0.39 is 0 Å². The topological polar surface area (TPSA) is 32.3 Å². The summed E-state index contributed by atoms with van der Waals surface area (Å²) in [6.45, 7) is 5.10. The fraction of sp³-hybridized carbons (Fsp3) is 0.562. The molecule has 1 heterocycles. The van der Waals surface area contributed by atoms with E-state index >= 15 is 0 Å². The molecule has 1 atom stereocenters. The Balaban J connectivity index is 1.74. The Morgan fingerprint density at radius 2 is 2.29 bits per heavy atom. The lowest BCUT2D eigenvalue weighted by Crippen LogP contribution is -2.39. The number of nitrogens with zero attached hydrogens (tertiary/aromatic N) is 1. The van der Waals surface area contributed by atoms with Gasteiger partial charge in [0.2, 0.25) is 0 Å². The Bertz CT molecular complexity index is 495. The molecule has 116 valence electrons. The second-order valence-electron chi connectivity index (χ2n) is 5.61. The maximum absolute atomic E-state index is 13.0. The van der Waals surface area contributed by atoms with E-state index in [1.807, 2.05) is 0 Å². The van der Waals surface area contributed by atoms with Gasteiger partial charge in [-0.3, -0.25) is 4.79 Å². The summed E-state index contributed by atoms with van der Waals surface area (Å²) in [4.78, 5) is 14.5. The molecular formula is C16H22BrFN2O. The number of likely N-dealkylation sites (tertiary alicyclic amines) is 1. The number of hydrogen-bond acceptors (Lipinski definition) is 2. The molecule has 0 bridgehead atoms. The van der Waals surface area contributed by atoms with Gasteiger partial charge in [-0.2, -0.15) is 0 Å². The third-order valence-corrected chi connectivity index (χ3v) is 4.68. The van der Waals surface area contributed by atoms with Crippen molar-refractivity contribution < 1.29 is 9.18 Å². The van der Waals surface area contributed by atoms with E-state index in [1.165, 1.54) is 44.0 Å². The number of amides is 1. The first-order valence-electron chi connectivity index (χ1n) is 7.55. The molecule has 1 aliphatic rings. The second kappa shape index (κ2) is 7.90. The summed E-state index contributed by atoms with van der Waals surface area (Å²) in [5, 5.41) is 2.90. The summed E-state index contributed by atoms with van der Waals surface area (Å²) in [7, 11) is 0. The maximum Gasteiger partial charge on any atom is 0.252 e. The van der Waals surface area contributed by atoms with Crippen molar-refractivity contribution in [2.75, 3.05) is 19.6 Å². The maximum atomic E-state index is 13.0. The van der Waals surface area contributed by atoms with Gasteiger partial charge in [-0.15, -0.1) is 0 Å². The van der Waals surface area contributed by atoms with Gasteiger partial charge < -0.3 is 10.2 Å². The SMILES string of the molecule is CC1CCCCN1CCCNC(=O)c1ccc(F)cc1Br. The Hall–Kier alpha value is -0.940. The van der Waals surface area contributed by atoms with Gasteiger partial charge in [0.15, 0.2) is 0 Å². The van der Waals surface area contributed by atoms with E-state index in [9.17, 15) is 9.18 Å². The van der Waals surface area contributed by atoms with E-state index in [-0.39, 0.29) is 11.7 Å². The van der Waals surface area contributed by atoms with Crippen LogP contribution in [0.4, 0.5) is 4.39 Å². The van der Waals surface area contributed by atoms with Gasteiger partial charge in [0.25, 0.3) is 5.91 Å². The van der Waals surface area contributed by atoms with Gasteiger partial charge in [0.1, 0.15) is 5.82 Å². The molecule has 1 saturated heterocycles. The minimum Gasteiger partial charge on any atom is -0.352 e. The zero-order valence-electron chi connectivity index (χ0n) is 12.4. The Morgan fingerprint density at radius 1 is 1.48 bits per heavy atom. The summed E-state index contributed by atoms with van der Waals surface area (Å²) in [6, 6.07) is 4.77. The van der Waals surface area contributed by atoms with E-state index in [0.29, 0.717) is 22.6 Å². The van der Waals surface area contributed by atoms with E-state index in [0.717, 1.165) is 13.0 Å². The zero-order chi connectivity index (χ0) is 15.2. The number of hydrogen-bond donors (Lipinski definition) is 1. The zero-order valence-corrected chi connectivity index (χ0v) is 14.0. The molecule has 0 aromatic heterocycles. The number of nitrogens with one attached hydrogen (secondary N) is 1. The molecule has 0 spiro atoms. The lowest BCUT2D eigenvalue weighted by atomic mass is 10.0. The predicted octanol–water partition coefficient (Wildman–Crippen LogP) is 3.58. The summed E-state index contributed by atoms with van der Waals surface area (Å²) in [5.41, 5.74) is 0.475. The van der Waals surface area contributed by atoms with Crippen molar-refractivity contribution in [3.63, 3.8) is 0 Å². The Kier molecular flexibility index (Phi) is 6.18. The molecule has 5 heteroatoms. The molecular weight excluding hydrogens is 335 g/mol. The number of halogens is 2. The number of carbonyl (C=O) groups excluding carboxylic acids is 1. The molecule has 1 unspecified atom stereocenters. The highest BCUT2D eigenvalue weighted by atomic mass is 79.9. The smallest absolute Gasteiger partial charge is 0.252 e. The number of piperidine rings is 1. The van der Waals surface area contributed by atoms with Crippen molar-refractivity contribution in [3.8, 4) is 0 Å². The number of carbonyl (C=O) groups is 1. The molecule has 1 amide bonds. The van der Waals surface area contributed by atoms with Crippen LogP contribution in [0.1, 0.15) is 43.0 Å². The van der Waals surface area contributed by atoms with Crippen LogP contribution in [0.2, 0.25) is 0 Å². The third kappa shape index (κ3) is 4.78. The monoisotopic (exact) mass is 356 g/mol. The van der Waals surface area contributed by atoms with Gasteiger partial charge >= 0.3 is 0 Å². The summed E-state index contributed by atoms with van der Waals surface area (Å²) in [5.74, 6) is -0.508. The molecule has 1 N–H and O–H groups in total. The summed E-state index contributed by atoms with van der Waals surface area (Å²) >= 11 is 3.22. The standard InChI is InChI=1S/C16H22BrFN2O/c1-12-5-2-3-9-20(12)10-4-8-19-16(21)14-7-6-13(18)11-15(14)17/h6-7,11-12H,2-5,8-10H2,1H3,(H,19,21). The van der Waals surface area contributed by atoms with E-state index in [4.69, 9.17) is 0 Å². The lowest BCUT2D eigenvalue weighted by Gasteiger charge is -2.33. The average Bonchev–Trinajstić information content (AvgIpc) is 2.45. The van der Waals surface area contributed by atoms with Gasteiger partial charge in [-0.25, -0.2) is 4.39 Å². The van der Waals surface area contributed by atoms with Crippen molar-refractivity contribution in [1.29, 1.82) is 0 Å². The number of rotatable bonds is 5. The molecule has 1 fully saturated rings. The Labute approximate surface area is 134 Å². The van der Waals surface area contributed by atoms with Crippen molar-refractivity contribution in [1.82, 2.24) is 10.2 Å². The van der Waals surface area contributed by atoms with Crippen molar-refractivity contribution in [3.05, 3.63) is 34.1 Å². The van der Waals surface area contributed by atoms with Crippen LogP contribution < -0.4 is 5.32 Å². The van der Waals surface area contributed by atoms with Crippen LogP contribution in [0, 0.1) is 5.82 Å². The highest BCUT2D eigenvalue weighted by molar-refractivity contribution is 9.10. The summed E-state index contributed by atoms with van der Waals surface area (Å²) in [6.07, 6.45) is 4.82. The molecule has 21 heavy (non-hydrogen) atoms. The molecule has 1 aromatic carbocycles. The van der Waals surface area contributed by atoms with Crippen LogP contribution in [0.5, 0.6) is 0 Å². The van der Waals surface area contributed by atoms with Gasteiger partial charge in [0, 0.05) is 23.6 Å². The molecule has 0 aliphatic carbocycles. The van der Waals surface area contributed by atoms with Crippen LogP contribution in [-0.2, 0) is 0 Å². The fourth-order valence-electron chi connectivity index (χ4n) is 2.74. The van der Waals surface area contributed by atoms with E-state index in [1.54, 1.807) is 0 Å². The average molecular weight is 357 g/mol. The minimum absolute atomic E-state index is 0.159. The first-order valence-corrected chi connectivity index (χ1v) is 8.34. The van der Waals surface area contributed by atoms with Gasteiger partial charge in [-0.05, 0) is 66.9 Å². The van der Waals surface area contributed by atoms with Crippen LogP contribution >= 0.6 is 15.9 Å². The van der Waals surface area contributed by atoms with Crippen LogP contribution in [0.25, 0.3) is 0 Å². The fourth-order valence-corrected chi connectivity index (χ4v) is 3.27. The third-order valence-electron chi connectivity index (χ3n) is 4.02. The predicted molar refractivity (Wildman–Crippen MR) is 85.9 cm³/mol. The normalized spacial score (nSPS) is 19.5. The van der Waals surface area contributed by atoms with Crippen molar-refractivity contribution in [2.24, 2.45) is 0 Å². The first-order chi connectivity index (χ1) is 10.1. The van der Waals surface area contributed by atoms with Crippen LogP contribution in [0.15, 0.2) is 22.7 Å². The van der Waals surface area contributed by atoms with Crippen molar-refractivity contribution >= 4 is 21.8 Å². The number of benzene rings is 1. The second-order valence-corrected chi connectivity index (χ2v) is 6.47. The molecule has 0 radical (unpaired) electrons. The van der Waals surface area contributed by atoms with Crippen LogP contribution in [-0.4, -0.2) is 36.5 Å². The van der Waals surface area contributed by atoms with E-state index in [2.05, 4.69) is 33.1 Å². The highest BCUT2D eigenvalue weighted by Gasteiger charge is 2.17. The molecule has 1 aliphatic heterocycles. The van der Waals surface area contributed by atoms with Crippen LogP contribution in [0.3, 0.4) is 0 Å².